The van der Waals surface area contributed by atoms with E-state index in [0.717, 1.165) is 23.4 Å². The molecule has 1 rings (SSSR count). The van der Waals surface area contributed by atoms with E-state index < -0.39 is 0 Å². The first-order valence-electron chi connectivity index (χ1n) is 3.26. The maximum absolute atomic E-state index is 4.19. The zero-order valence-corrected chi connectivity index (χ0v) is 6.64. The van der Waals surface area contributed by atoms with E-state index in [0.29, 0.717) is 0 Å². The molecule has 0 aromatic carbocycles. The van der Waals surface area contributed by atoms with Crippen LogP contribution in [0.15, 0.2) is 23.2 Å². The minimum atomic E-state index is 0.893. The lowest BCUT2D eigenvalue weighted by Gasteiger charge is -1.96. The van der Waals surface area contributed by atoms with Crippen molar-refractivity contribution in [1.82, 2.24) is 4.98 Å². The number of rotatable bonds is 2. The van der Waals surface area contributed by atoms with Crippen LogP contribution in [0.2, 0.25) is 0 Å². The predicted octanol–water partition coefficient (Wildman–Crippen LogP) is 2.14. The molecule has 2 heteroatoms. The molecular formula is C8H10NS. The predicted molar refractivity (Wildman–Crippen MR) is 45.2 cm³/mol. The van der Waals surface area contributed by atoms with Gasteiger partial charge >= 0.3 is 0 Å². The molecule has 53 valence electrons. The van der Waals surface area contributed by atoms with Crippen molar-refractivity contribution in [3.63, 3.8) is 0 Å². The molecule has 0 spiro atoms. The smallest absolute Gasteiger partial charge is 0.0414 e. The van der Waals surface area contributed by atoms with Gasteiger partial charge in [-0.25, -0.2) is 0 Å². The van der Waals surface area contributed by atoms with Gasteiger partial charge in [0.1, 0.15) is 0 Å². The molecule has 0 fully saturated rings. The summed E-state index contributed by atoms with van der Waals surface area (Å²) in [6.45, 7) is 3.75. The first kappa shape index (κ1) is 7.61. The number of hydrogen-bond acceptors (Lipinski definition) is 2. The maximum Gasteiger partial charge on any atom is 0.0414 e. The lowest BCUT2D eigenvalue weighted by atomic mass is 10.2. The van der Waals surface area contributed by atoms with Crippen molar-refractivity contribution in [2.75, 3.05) is 0 Å². The molecule has 0 atom stereocenters. The third-order valence-corrected chi connectivity index (χ3v) is 1.51. The van der Waals surface area contributed by atoms with Gasteiger partial charge in [-0.1, -0.05) is 6.92 Å². The molecule has 0 unspecified atom stereocenters. The number of aromatic nitrogens is 1. The fourth-order valence-electron chi connectivity index (χ4n) is 0.783. The minimum Gasteiger partial charge on any atom is -0.261 e. The van der Waals surface area contributed by atoms with Crippen molar-refractivity contribution in [3.8, 4) is 0 Å². The third-order valence-electron chi connectivity index (χ3n) is 1.23. The zero-order chi connectivity index (χ0) is 7.40. The van der Waals surface area contributed by atoms with Gasteiger partial charge in [-0.3, -0.25) is 4.98 Å². The van der Waals surface area contributed by atoms with Crippen molar-refractivity contribution in [2.45, 2.75) is 17.7 Å². The van der Waals surface area contributed by atoms with Crippen LogP contribution in [0.25, 0.3) is 0 Å². The number of pyridine rings is 1. The van der Waals surface area contributed by atoms with Crippen molar-refractivity contribution >= 4 is 12.6 Å². The summed E-state index contributed by atoms with van der Waals surface area (Å²) >= 11 is 4.19. The first-order valence-corrected chi connectivity index (χ1v) is 3.71. The lowest BCUT2D eigenvalue weighted by Crippen LogP contribution is -1.86. The normalized spacial score (nSPS) is 9.80. The molecule has 0 aliphatic carbocycles. The van der Waals surface area contributed by atoms with Crippen LogP contribution in [0.4, 0.5) is 0 Å². The largest absolute Gasteiger partial charge is 0.261 e. The van der Waals surface area contributed by atoms with Crippen LogP contribution in [-0.2, 0) is 6.42 Å². The van der Waals surface area contributed by atoms with Gasteiger partial charge in [-0.2, -0.15) is 0 Å². The Morgan fingerprint density at radius 3 is 3.00 bits per heavy atom. The minimum absolute atomic E-state index is 0.893. The average Bonchev–Trinajstić information content (AvgIpc) is 1.88. The molecule has 1 radical (unpaired) electrons. The molecule has 0 aliphatic heterocycles. The molecule has 1 aromatic rings. The van der Waals surface area contributed by atoms with E-state index in [1.165, 1.54) is 0 Å². The molecule has 1 aromatic heterocycles. The van der Waals surface area contributed by atoms with Crippen LogP contribution in [0.5, 0.6) is 0 Å². The van der Waals surface area contributed by atoms with E-state index >= 15 is 0 Å². The summed E-state index contributed by atoms with van der Waals surface area (Å²) in [5, 5.41) is 0. The van der Waals surface area contributed by atoms with E-state index in [2.05, 4.69) is 24.5 Å². The highest BCUT2D eigenvalue weighted by atomic mass is 32.1. The molecule has 1 heterocycles. The topological polar surface area (TPSA) is 12.9 Å². The summed E-state index contributed by atoms with van der Waals surface area (Å²) in [5.74, 6) is 0. The second kappa shape index (κ2) is 3.62. The van der Waals surface area contributed by atoms with Gasteiger partial charge in [0.25, 0.3) is 0 Å². The summed E-state index contributed by atoms with van der Waals surface area (Å²) in [5.41, 5.74) is 1.07. The van der Waals surface area contributed by atoms with E-state index in [9.17, 15) is 0 Å². The first-order chi connectivity index (χ1) is 4.83. The molecule has 1 nitrogen and oxygen atoms in total. The Morgan fingerprint density at radius 2 is 2.40 bits per heavy atom. The number of hydrogen-bond donors (Lipinski definition) is 1. The molecule has 0 amide bonds. The second-order valence-electron chi connectivity index (χ2n) is 2.11. The average molecular weight is 152 g/mol. The maximum atomic E-state index is 4.19. The summed E-state index contributed by atoms with van der Waals surface area (Å²) in [6, 6.07) is 3.84. The van der Waals surface area contributed by atoms with Crippen molar-refractivity contribution in [3.05, 3.63) is 30.9 Å². The van der Waals surface area contributed by atoms with Gasteiger partial charge in [0, 0.05) is 16.8 Å². The summed E-state index contributed by atoms with van der Waals surface area (Å²) in [7, 11) is 0. The highest BCUT2D eigenvalue weighted by Crippen LogP contribution is 2.06. The van der Waals surface area contributed by atoms with E-state index in [4.69, 9.17) is 0 Å². The van der Waals surface area contributed by atoms with Crippen LogP contribution < -0.4 is 0 Å². The fraction of sp³-hybridized carbons (Fsp3) is 0.250. The Kier molecular flexibility index (Phi) is 2.75. The van der Waals surface area contributed by atoms with Crippen LogP contribution in [0, 0.1) is 6.92 Å². The Balaban J connectivity index is 2.75. The van der Waals surface area contributed by atoms with E-state index in [1.807, 2.05) is 12.1 Å². The molecule has 0 N–H and O–H groups in total. The number of thiol groups is 1. The Bertz CT molecular complexity index is 210. The molecular weight excluding hydrogens is 142 g/mol. The third kappa shape index (κ3) is 2.03. The van der Waals surface area contributed by atoms with Gasteiger partial charge in [-0.05, 0) is 25.0 Å². The van der Waals surface area contributed by atoms with Gasteiger partial charge < -0.3 is 0 Å². The highest BCUT2D eigenvalue weighted by molar-refractivity contribution is 7.80. The number of nitrogens with zero attached hydrogens (tertiary/aromatic N) is 1. The van der Waals surface area contributed by atoms with Gasteiger partial charge in [-0.15, -0.1) is 12.6 Å². The Labute approximate surface area is 66.9 Å². The van der Waals surface area contributed by atoms with Crippen molar-refractivity contribution in [1.29, 1.82) is 0 Å². The molecule has 0 saturated carbocycles. The van der Waals surface area contributed by atoms with Crippen LogP contribution in [0.1, 0.15) is 12.1 Å². The molecule has 0 saturated heterocycles. The van der Waals surface area contributed by atoms with Gasteiger partial charge in [0.15, 0.2) is 0 Å². The zero-order valence-electron chi connectivity index (χ0n) is 5.75. The lowest BCUT2D eigenvalue weighted by molar-refractivity contribution is 0.932. The summed E-state index contributed by atoms with van der Waals surface area (Å²) in [4.78, 5) is 5.11. The van der Waals surface area contributed by atoms with E-state index in [1.54, 1.807) is 6.20 Å². The molecule has 0 bridgehead atoms. The summed E-state index contributed by atoms with van der Waals surface area (Å²) in [6.07, 6.45) is 3.60. The monoisotopic (exact) mass is 152 g/mol. The van der Waals surface area contributed by atoms with Crippen molar-refractivity contribution < 1.29 is 0 Å². The van der Waals surface area contributed by atoms with Crippen LogP contribution in [0.3, 0.4) is 0 Å². The van der Waals surface area contributed by atoms with Crippen LogP contribution >= 0.6 is 12.6 Å². The standard InChI is InChI=1S/C8H10NS/c1-2-3-7-6-8(10)4-5-9-7/h4-6H,1-3H2,(H,9,10). The fourth-order valence-corrected chi connectivity index (χ4v) is 0.999. The highest BCUT2D eigenvalue weighted by Gasteiger charge is 1.91. The second-order valence-corrected chi connectivity index (χ2v) is 2.63. The van der Waals surface area contributed by atoms with Crippen LogP contribution in [-0.4, -0.2) is 4.98 Å². The quantitative estimate of drug-likeness (QED) is 0.641. The molecule has 10 heavy (non-hydrogen) atoms. The SMILES string of the molecule is [CH2]CCc1cc(S)ccn1. The van der Waals surface area contributed by atoms with E-state index in [-0.39, 0.29) is 0 Å². The Morgan fingerprint density at radius 1 is 1.60 bits per heavy atom. The molecule has 0 aliphatic rings. The number of aryl methyl sites for hydroxylation is 1. The van der Waals surface area contributed by atoms with Gasteiger partial charge in [0.05, 0.1) is 0 Å². The summed E-state index contributed by atoms with van der Waals surface area (Å²) < 4.78 is 0. The van der Waals surface area contributed by atoms with Gasteiger partial charge in [0.2, 0.25) is 0 Å². The Hall–Kier alpha value is -0.500. The van der Waals surface area contributed by atoms with Crippen molar-refractivity contribution in [2.24, 2.45) is 0 Å².